The molecule has 0 aromatic heterocycles. The maximum absolute atomic E-state index is 12.1. The normalized spacial score (nSPS) is 19.0. The average Bonchev–Trinajstić information content (AvgIpc) is 2.66. The SMILES string of the molecule is CCCCCC1Oc2cc(CCNC(=O)C(CS)NC(C)=O)ccc2OC1C. The standard InChI is InChI=1S/C21H32N2O4S/c1-4-5-6-7-18-14(2)26-19-9-8-16(12-20(19)27-18)10-11-22-21(25)17(13-28)23-15(3)24/h8-9,12,14,17-18,28H,4-7,10-11,13H2,1-3H3,(H,22,25)(H,23,24). The Morgan fingerprint density at radius 3 is 2.68 bits per heavy atom. The molecule has 1 aliphatic heterocycles. The van der Waals surface area contributed by atoms with Gasteiger partial charge >= 0.3 is 0 Å². The van der Waals surface area contributed by atoms with Crippen LogP contribution in [0.3, 0.4) is 0 Å². The second kappa shape index (κ2) is 11.2. The predicted molar refractivity (Wildman–Crippen MR) is 113 cm³/mol. The van der Waals surface area contributed by atoms with Crippen LogP contribution in [0.1, 0.15) is 52.0 Å². The van der Waals surface area contributed by atoms with Crippen molar-refractivity contribution in [3.63, 3.8) is 0 Å². The lowest BCUT2D eigenvalue weighted by atomic mass is 10.0. The van der Waals surface area contributed by atoms with E-state index in [2.05, 4.69) is 37.1 Å². The monoisotopic (exact) mass is 408 g/mol. The van der Waals surface area contributed by atoms with Gasteiger partial charge in [0.1, 0.15) is 18.2 Å². The molecule has 0 aliphatic carbocycles. The topological polar surface area (TPSA) is 76.7 Å². The number of benzene rings is 1. The van der Waals surface area contributed by atoms with Crippen LogP contribution in [0.4, 0.5) is 0 Å². The van der Waals surface area contributed by atoms with E-state index < -0.39 is 6.04 Å². The molecule has 0 radical (unpaired) electrons. The smallest absolute Gasteiger partial charge is 0.243 e. The van der Waals surface area contributed by atoms with Gasteiger partial charge in [-0.15, -0.1) is 0 Å². The van der Waals surface area contributed by atoms with Crippen LogP contribution in [-0.2, 0) is 16.0 Å². The molecule has 6 nitrogen and oxygen atoms in total. The van der Waals surface area contributed by atoms with Crippen molar-refractivity contribution in [2.24, 2.45) is 0 Å². The number of nitrogens with one attached hydrogen (secondary N) is 2. The highest BCUT2D eigenvalue weighted by Crippen LogP contribution is 2.36. The molecule has 1 heterocycles. The fourth-order valence-electron chi connectivity index (χ4n) is 3.21. The lowest BCUT2D eigenvalue weighted by Crippen LogP contribution is -2.47. The minimum Gasteiger partial charge on any atom is -0.483 e. The Balaban J connectivity index is 1.88. The number of unbranched alkanes of at least 4 members (excludes halogenated alkanes) is 2. The zero-order chi connectivity index (χ0) is 20.5. The van der Waals surface area contributed by atoms with Gasteiger partial charge in [0.25, 0.3) is 0 Å². The summed E-state index contributed by atoms with van der Waals surface area (Å²) in [7, 11) is 0. The van der Waals surface area contributed by atoms with Crippen molar-refractivity contribution < 1.29 is 19.1 Å². The number of hydrogen-bond acceptors (Lipinski definition) is 5. The fraction of sp³-hybridized carbons (Fsp3) is 0.619. The molecular weight excluding hydrogens is 376 g/mol. The van der Waals surface area contributed by atoms with Crippen LogP contribution < -0.4 is 20.1 Å². The number of amides is 2. The Labute approximate surface area is 173 Å². The largest absolute Gasteiger partial charge is 0.483 e. The number of rotatable bonds is 10. The molecule has 0 bridgehead atoms. The number of ether oxygens (including phenoxy) is 2. The average molecular weight is 409 g/mol. The summed E-state index contributed by atoms with van der Waals surface area (Å²) in [4.78, 5) is 23.2. The maximum Gasteiger partial charge on any atom is 0.243 e. The van der Waals surface area contributed by atoms with Gasteiger partial charge in [0.2, 0.25) is 11.8 Å². The third-order valence-corrected chi connectivity index (χ3v) is 5.17. The van der Waals surface area contributed by atoms with Crippen LogP contribution in [0.15, 0.2) is 18.2 Å². The third-order valence-electron chi connectivity index (χ3n) is 4.80. The van der Waals surface area contributed by atoms with E-state index in [0.29, 0.717) is 13.0 Å². The van der Waals surface area contributed by atoms with Crippen molar-refractivity contribution in [2.75, 3.05) is 12.3 Å². The van der Waals surface area contributed by atoms with Crippen LogP contribution >= 0.6 is 12.6 Å². The van der Waals surface area contributed by atoms with Crippen molar-refractivity contribution in [3.8, 4) is 11.5 Å². The summed E-state index contributed by atoms with van der Waals surface area (Å²) < 4.78 is 12.2. The molecule has 2 rings (SSSR count). The minimum absolute atomic E-state index is 0.0430. The first-order chi connectivity index (χ1) is 13.4. The number of hydrogen-bond donors (Lipinski definition) is 3. The van der Waals surface area contributed by atoms with E-state index in [1.54, 1.807) is 0 Å². The summed E-state index contributed by atoms with van der Waals surface area (Å²) in [6, 6.07) is 5.29. The molecular formula is C21H32N2O4S. The Morgan fingerprint density at radius 1 is 1.21 bits per heavy atom. The summed E-state index contributed by atoms with van der Waals surface area (Å²) >= 11 is 4.12. The van der Waals surface area contributed by atoms with Gasteiger partial charge in [-0.1, -0.05) is 25.8 Å². The lowest BCUT2D eigenvalue weighted by Gasteiger charge is -2.32. The van der Waals surface area contributed by atoms with E-state index in [1.165, 1.54) is 19.8 Å². The minimum atomic E-state index is -0.619. The van der Waals surface area contributed by atoms with Crippen LogP contribution in [-0.4, -0.2) is 42.4 Å². The van der Waals surface area contributed by atoms with Crippen molar-refractivity contribution in [1.29, 1.82) is 0 Å². The van der Waals surface area contributed by atoms with E-state index in [9.17, 15) is 9.59 Å². The first kappa shape index (κ1) is 22.4. The molecule has 1 aliphatic rings. The van der Waals surface area contributed by atoms with Gasteiger partial charge in [0, 0.05) is 19.2 Å². The Morgan fingerprint density at radius 2 is 2.00 bits per heavy atom. The Kier molecular flexibility index (Phi) is 8.96. The zero-order valence-corrected chi connectivity index (χ0v) is 17.9. The number of carbonyl (C=O) groups is 2. The van der Waals surface area contributed by atoms with Gasteiger partial charge in [0.05, 0.1) is 0 Å². The van der Waals surface area contributed by atoms with Crippen LogP contribution in [0.25, 0.3) is 0 Å². The van der Waals surface area contributed by atoms with Gasteiger partial charge in [-0.05, 0) is 43.9 Å². The van der Waals surface area contributed by atoms with Crippen LogP contribution in [0, 0.1) is 0 Å². The number of carbonyl (C=O) groups excluding carboxylic acids is 2. The predicted octanol–water partition coefficient (Wildman–Crippen LogP) is 2.89. The van der Waals surface area contributed by atoms with E-state index in [0.717, 1.165) is 29.9 Å². The maximum atomic E-state index is 12.1. The molecule has 1 aromatic carbocycles. The first-order valence-corrected chi connectivity index (χ1v) is 10.7. The lowest BCUT2D eigenvalue weighted by molar-refractivity contribution is -0.127. The molecule has 3 unspecified atom stereocenters. The van der Waals surface area contributed by atoms with Crippen LogP contribution in [0.5, 0.6) is 11.5 Å². The molecule has 2 amide bonds. The quantitative estimate of drug-likeness (QED) is 0.411. The number of thiol groups is 1. The summed E-state index contributed by atoms with van der Waals surface area (Å²) in [6.45, 7) is 6.10. The molecule has 2 N–H and O–H groups in total. The third kappa shape index (κ3) is 6.62. The summed E-state index contributed by atoms with van der Waals surface area (Å²) in [5.41, 5.74) is 1.06. The highest BCUT2D eigenvalue weighted by atomic mass is 32.1. The summed E-state index contributed by atoms with van der Waals surface area (Å²) in [5.74, 6) is 1.33. The van der Waals surface area contributed by atoms with E-state index in [4.69, 9.17) is 9.47 Å². The van der Waals surface area contributed by atoms with Crippen LogP contribution in [0.2, 0.25) is 0 Å². The molecule has 1 aromatic rings. The van der Waals surface area contributed by atoms with Gasteiger partial charge in [-0.3, -0.25) is 9.59 Å². The van der Waals surface area contributed by atoms with Gasteiger partial charge < -0.3 is 20.1 Å². The van der Waals surface area contributed by atoms with Crippen molar-refractivity contribution in [2.45, 2.75) is 71.1 Å². The van der Waals surface area contributed by atoms with Gasteiger partial charge in [0.15, 0.2) is 11.5 Å². The Hall–Kier alpha value is -1.89. The van der Waals surface area contributed by atoms with Gasteiger partial charge in [-0.2, -0.15) is 12.6 Å². The second-order valence-corrected chi connectivity index (χ2v) is 7.60. The Bertz CT molecular complexity index is 668. The van der Waals surface area contributed by atoms with E-state index in [-0.39, 0.29) is 29.8 Å². The van der Waals surface area contributed by atoms with E-state index >= 15 is 0 Å². The molecule has 0 saturated heterocycles. The molecule has 0 fully saturated rings. The zero-order valence-electron chi connectivity index (χ0n) is 17.0. The molecule has 0 saturated carbocycles. The molecule has 7 heteroatoms. The summed E-state index contributed by atoms with van der Waals surface area (Å²) in [5, 5.41) is 5.43. The first-order valence-electron chi connectivity index (χ1n) is 10.1. The molecule has 0 spiro atoms. The fourth-order valence-corrected chi connectivity index (χ4v) is 3.47. The second-order valence-electron chi connectivity index (χ2n) is 7.23. The number of fused-ring (bicyclic) bond motifs is 1. The summed E-state index contributed by atoms with van der Waals surface area (Å²) in [6.07, 6.45) is 5.29. The van der Waals surface area contributed by atoms with Crippen molar-refractivity contribution in [1.82, 2.24) is 10.6 Å². The van der Waals surface area contributed by atoms with Crippen molar-refractivity contribution in [3.05, 3.63) is 23.8 Å². The van der Waals surface area contributed by atoms with E-state index in [1.807, 2.05) is 18.2 Å². The highest BCUT2D eigenvalue weighted by Gasteiger charge is 2.27. The molecule has 28 heavy (non-hydrogen) atoms. The highest BCUT2D eigenvalue weighted by molar-refractivity contribution is 7.80. The van der Waals surface area contributed by atoms with Crippen molar-refractivity contribution >= 4 is 24.4 Å². The molecule has 3 atom stereocenters. The van der Waals surface area contributed by atoms with Gasteiger partial charge in [-0.25, -0.2) is 0 Å². The molecule has 156 valence electrons.